The van der Waals surface area contributed by atoms with Crippen molar-refractivity contribution in [2.24, 2.45) is 0 Å². The summed E-state index contributed by atoms with van der Waals surface area (Å²) < 4.78 is 48.2. The van der Waals surface area contributed by atoms with Gasteiger partial charge in [-0.2, -0.15) is 0 Å². The van der Waals surface area contributed by atoms with Gasteiger partial charge in [0.1, 0.15) is 24.0 Å². The lowest BCUT2D eigenvalue weighted by atomic mass is 9.99. The highest BCUT2D eigenvalue weighted by Crippen LogP contribution is 2.41. The van der Waals surface area contributed by atoms with Crippen LogP contribution in [-0.2, 0) is 0 Å². The fraction of sp³-hybridized carbons (Fsp3) is 0.324. The molecule has 3 aromatic carbocycles. The molecule has 1 heterocycles. The lowest BCUT2D eigenvalue weighted by Crippen LogP contribution is -2.50. The van der Waals surface area contributed by atoms with Crippen molar-refractivity contribution in [3.05, 3.63) is 95.3 Å². The zero-order chi connectivity index (χ0) is 33.9. The van der Waals surface area contributed by atoms with Crippen LogP contribution in [0.15, 0.2) is 84.2 Å². The number of alkyl halides is 3. The molecule has 0 bridgehead atoms. The second-order valence-electron chi connectivity index (χ2n) is 11.6. The minimum absolute atomic E-state index is 0.00291. The third-order valence-electron chi connectivity index (χ3n) is 7.94. The minimum atomic E-state index is -4.75. The Kier molecular flexibility index (Phi) is 10.0. The number of rotatable bonds is 11. The number of hydrogen-bond acceptors (Lipinski definition) is 7. The quantitative estimate of drug-likeness (QED) is 0.112. The number of ether oxygens (including phenoxy) is 2. The number of anilines is 1. The third kappa shape index (κ3) is 8.20. The first-order valence-electron chi connectivity index (χ1n) is 15.1. The maximum Gasteiger partial charge on any atom is 0.573 e. The number of methoxy groups -OCH3 is 1. The van der Waals surface area contributed by atoms with E-state index in [1.165, 1.54) is 35.3 Å². The Bertz CT molecular complexity index is 1720. The molecule has 0 aliphatic heterocycles. The number of nitrogens with zero attached hydrogens (tertiary/aromatic N) is 4. The first-order valence-corrected chi connectivity index (χ1v) is 15.6. The van der Waals surface area contributed by atoms with Gasteiger partial charge in [-0.3, -0.25) is 0 Å². The molecule has 1 aromatic heterocycles. The van der Waals surface area contributed by atoms with Crippen LogP contribution in [0.2, 0.25) is 0 Å². The van der Waals surface area contributed by atoms with E-state index in [4.69, 9.17) is 4.74 Å². The van der Waals surface area contributed by atoms with Gasteiger partial charge in [0.05, 0.1) is 12.8 Å². The zero-order valence-electron chi connectivity index (χ0n) is 26.6. The van der Waals surface area contributed by atoms with Crippen LogP contribution in [-0.4, -0.2) is 46.5 Å². The Morgan fingerprint density at radius 3 is 2.36 bits per heavy atom. The average Bonchev–Trinajstić information content (AvgIpc) is 3.61. The van der Waals surface area contributed by atoms with Gasteiger partial charge in [0, 0.05) is 28.9 Å². The predicted molar refractivity (Wildman–Crippen MR) is 178 cm³/mol. The summed E-state index contributed by atoms with van der Waals surface area (Å²) >= 11 is 4.39. The van der Waals surface area contributed by atoms with Crippen LogP contribution in [0.4, 0.5) is 23.7 Å². The van der Waals surface area contributed by atoms with E-state index in [2.05, 4.69) is 56.8 Å². The first kappa shape index (κ1) is 33.7. The van der Waals surface area contributed by atoms with Crippen LogP contribution < -0.4 is 25.0 Å². The SMILES string of the molecule is COc1ccc(N(/C(C)=C\S)C(C)NC(=O)NC2CC2c2ccc(-c3ncn(-c4ccc(OC(F)(F)F)cc4)n3)cc2)c(C(C)C)c1. The Morgan fingerprint density at radius 2 is 1.74 bits per heavy atom. The van der Waals surface area contributed by atoms with E-state index in [1.807, 2.05) is 56.3 Å². The van der Waals surface area contributed by atoms with Gasteiger partial charge in [0.2, 0.25) is 0 Å². The molecule has 0 radical (unpaired) electrons. The monoisotopic (exact) mass is 666 g/mol. The number of nitrogens with one attached hydrogen (secondary N) is 2. The summed E-state index contributed by atoms with van der Waals surface area (Å²) in [5.41, 5.74) is 5.35. The molecule has 4 aromatic rings. The Hall–Kier alpha value is -4.65. The molecule has 1 aliphatic rings. The molecule has 2 N–H and O–H groups in total. The normalized spacial score (nSPS) is 16.9. The van der Waals surface area contributed by atoms with Crippen LogP contribution in [0.1, 0.15) is 57.1 Å². The summed E-state index contributed by atoms with van der Waals surface area (Å²) in [6, 6.07) is 18.9. The van der Waals surface area contributed by atoms with Crippen LogP contribution in [0.5, 0.6) is 11.5 Å². The molecule has 5 rings (SSSR count). The molecular formula is C34H37F3N6O3S. The van der Waals surface area contributed by atoms with Gasteiger partial charge in [-0.05, 0) is 85.2 Å². The molecule has 3 unspecified atom stereocenters. The maximum atomic E-state index is 13.1. The fourth-order valence-corrected chi connectivity index (χ4v) is 5.62. The molecule has 9 nitrogen and oxygen atoms in total. The van der Waals surface area contributed by atoms with Gasteiger partial charge >= 0.3 is 12.4 Å². The summed E-state index contributed by atoms with van der Waals surface area (Å²) in [5.74, 6) is 1.34. The van der Waals surface area contributed by atoms with Gasteiger partial charge in [0.15, 0.2) is 5.82 Å². The first-order chi connectivity index (χ1) is 22.4. The van der Waals surface area contributed by atoms with Crippen molar-refractivity contribution in [1.29, 1.82) is 0 Å². The minimum Gasteiger partial charge on any atom is -0.497 e. The molecule has 3 atom stereocenters. The van der Waals surface area contributed by atoms with Gasteiger partial charge in [-0.1, -0.05) is 38.1 Å². The van der Waals surface area contributed by atoms with Gasteiger partial charge in [-0.15, -0.1) is 30.9 Å². The molecule has 1 fully saturated rings. The Morgan fingerprint density at radius 1 is 1.06 bits per heavy atom. The number of amides is 2. The molecule has 248 valence electrons. The second kappa shape index (κ2) is 14.0. The summed E-state index contributed by atoms with van der Waals surface area (Å²) in [6.45, 7) is 8.12. The van der Waals surface area contributed by atoms with E-state index in [-0.39, 0.29) is 35.8 Å². The van der Waals surface area contributed by atoms with Crippen molar-refractivity contribution in [3.63, 3.8) is 0 Å². The van der Waals surface area contributed by atoms with E-state index >= 15 is 0 Å². The largest absolute Gasteiger partial charge is 0.573 e. The number of hydrogen-bond donors (Lipinski definition) is 3. The number of aromatic nitrogens is 3. The van der Waals surface area contributed by atoms with E-state index in [1.54, 1.807) is 12.5 Å². The number of allylic oxidation sites excluding steroid dienone is 1. The highest BCUT2D eigenvalue weighted by Gasteiger charge is 2.40. The van der Waals surface area contributed by atoms with E-state index in [0.717, 1.165) is 40.2 Å². The lowest BCUT2D eigenvalue weighted by Gasteiger charge is -2.34. The molecule has 2 amide bonds. The van der Waals surface area contributed by atoms with Crippen molar-refractivity contribution in [2.75, 3.05) is 12.0 Å². The molecule has 0 saturated heterocycles. The molecule has 1 saturated carbocycles. The molecule has 13 heteroatoms. The average molecular weight is 667 g/mol. The summed E-state index contributed by atoms with van der Waals surface area (Å²) in [5, 5.41) is 12.4. The Labute approximate surface area is 277 Å². The third-order valence-corrected chi connectivity index (χ3v) is 8.31. The smallest absolute Gasteiger partial charge is 0.497 e. The molecular weight excluding hydrogens is 629 g/mol. The van der Waals surface area contributed by atoms with E-state index in [9.17, 15) is 18.0 Å². The van der Waals surface area contributed by atoms with Crippen molar-refractivity contribution in [3.8, 4) is 28.6 Å². The number of urea groups is 1. The number of benzene rings is 3. The fourth-order valence-electron chi connectivity index (χ4n) is 5.49. The van der Waals surface area contributed by atoms with E-state index < -0.39 is 6.36 Å². The van der Waals surface area contributed by atoms with Crippen LogP contribution in [0, 0.1) is 0 Å². The lowest BCUT2D eigenvalue weighted by molar-refractivity contribution is -0.274. The highest BCUT2D eigenvalue weighted by molar-refractivity contribution is 7.83. The standard InChI is InChI=1S/C34H37F3N6O3S/c1-20(2)28-16-27(45-5)14-15-31(28)43(21(3)18-47)22(4)39-33(44)40-30-17-29(30)23-6-8-24(9-7-23)32-38-19-42(41-32)25-10-12-26(13-11-25)46-34(35,36)37/h6-16,18-20,22,29-30,47H,17H2,1-5H3,(H2,39,40,44)/b21-18-. The van der Waals surface area contributed by atoms with Crippen LogP contribution in [0.25, 0.3) is 17.1 Å². The maximum absolute atomic E-state index is 13.1. The summed E-state index contributed by atoms with van der Waals surface area (Å²) in [4.78, 5) is 19.5. The number of thiol groups is 1. The van der Waals surface area contributed by atoms with Gasteiger partial charge in [-0.25, -0.2) is 14.5 Å². The van der Waals surface area contributed by atoms with Crippen molar-refractivity contribution in [1.82, 2.24) is 25.4 Å². The van der Waals surface area contributed by atoms with E-state index in [0.29, 0.717) is 11.5 Å². The zero-order valence-corrected chi connectivity index (χ0v) is 27.5. The predicted octanol–water partition coefficient (Wildman–Crippen LogP) is 7.76. The van der Waals surface area contributed by atoms with Crippen LogP contribution in [0.3, 0.4) is 0 Å². The van der Waals surface area contributed by atoms with Crippen LogP contribution >= 0.6 is 12.6 Å². The molecule has 47 heavy (non-hydrogen) atoms. The van der Waals surface area contributed by atoms with Crippen molar-refractivity contribution < 1.29 is 27.4 Å². The second-order valence-corrected chi connectivity index (χ2v) is 11.9. The molecule has 0 spiro atoms. The molecule has 1 aliphatic carbocycles. The van der Waals surface area contributed by atoms with Crippen molar-refractivity contribution >= 4 is 24.3 Å². The topological polar surface area (TPSA) is 93.5 Å². The summed E-state index contributed by atoms with van der Waals surface area (Å²) in [7, 11) is 1.64. The number of carbonyl (C=O) groups excluding carboxylic acids is 1. The number of halogens is 3. The Balaban J connectivity index is 1.19. The highest BCUT2D eigenvalue weighted by atomic mass is 32.1. The number of carbonyl (C=O) groups is 1. The van der Waals surface area contributed by atoms with Crippen molar-refractivity contribution in [2.45, 2.75) is 64.5 Å². The summed E-state index contributed by atoms with van der Waals surface area (Å²) in [6.07, 6.45) is -2.80. The van der Waals surface area contributed by atoms with Gasteiger partial charge < -0.3 is 25.0 Å². The van der Waals surface area contributed by atoms with Gasteiger partial charge in [0.25, 0.3) is 0 Å².